The van der Waals surface area contributed by atoms with Crippen molar-refractivity contribution in [2.24, 2.45) is 0 Å². The minimum atomic E-state index is 0.171. The molecule has 2 heterocycles. The third-order valence-electron chi connectivity index (χ3n) is 3.10. The van der Waals surface area contributed by atoms with E-state index in [4.69, 9.17) is 0 Å². The summed E-state index contributed by atoms with van der Waals surface area (Å²) in [6, 6.07) is 0. The Morgan fingerprint density at radius 1 is 1.56 bits per heavy atom. The maximum atomic E-state index is 12.1. The van der Waals surface area contributed by atoms with Crippen LogP contribution in [0.3, 0.4) is 0 Å². The number of thiazole rings is 1. The minimum Gasteiger partial charge on any atom is -0.339 e. The van der Waals surface area contributed by atoms with Crippen molar-refractivity contribution in [3.63, 3.8) is 0 Å². The van der Waals surface area contributed by atoms with E-state index in [9.17, 15) is 4.79 Å². The summed E-state index contributed by atoms with van der Waals surface area (Å²) >= 11 is 1.56. The van der Waals surface area contributed by atoms with Gasteiger partial charge in [0.2, 0.25) is 5.91 Å². The van der Waals surface area contributed by atoms with Crippen LogP contribution in [0.4, 0.5) is 0 Å². The zero-order valence-electron chi connectivity index (χ0n) is 10.8. The second-order valence-electron chi connectivity index (χ2n) is 4.61. The molecule has 1 aliphatic rings. The number of carbonyl (C=O) groups excluding carboxylic acids is 1. The number of hydrogen-bond donors (Lipinski definition) is 1. The van der Waals surface area contributed by atoms with Gasteiger partial charge in [0, 0.05) is 25.5 Å². The Morgan fingerprint density at radius 3 is 3.22 bits per heavy atom. The number of rotatable bonds is 4. The Balaban J connectivity index is 1.79. The predicted molar refractivity (Wildman–Crippen MR) is 72.5 cm³/mol. The summed E-state index contributed by atoms with van der Waals surface area (Å²) in [6.07, 6.45) is 1.11. The number of amides is 1. The van der Waals surface area contributed by atoms with Crippen LogP contribution in [0.1, 0.15) is 12.1 Å². The quantitative estimate of drug-likeness (QED) is 0.858. The summed E-state index contributed by atoms with van der Waals surface area (Å²) in [4.78, 5) is 20.3. The van der Waals surface area contributed by atoms with Crippen LogP contribution in [0, 0.1) is 0 Å². The lowest BCUT2D eigenvalue weighted by Crippen LogP contribution is -2.39. The van der Waals surface area contributed by atoms with Crippen molar-refractivity contribution in [3.05, 3.63) is 16.6 Å². The van der Waals surface area contributed by atoms with E-state index in [-0.39, 0.29) is 5.91 Å². The summed E-state index contributed by atoms with van der Waals surface area (Å²) in [5.41, 5.74) is 2.77. The highest BCUT2D eigenvalue weighted by Crippen LogP contribution is 2.05. The van der Waals surface area contributed by atoms with E-state index in [0.29, 0.717) is 13.1 Å². The van der Waals surface area contributed by atoms with Gasteiger partial charge >= 0.3 is 0 Å². The molecule has 0 radical (unpaired) electrons. The maximum Gasteiger partial charge on any atom is 0.236 e. The summed E-state index contributed by atoms with van der Waals surface area (Å²) in [5, 5.41) is 5.33. The second kappa shape index (κ2) is 6.82. The molecule has 1 saturated heterocycles. The Labute approximate surface area is 112 Å². The monoisotopic (exact) mass is 268 g/mol. The minimum absolute atomic E-state index is 0.171. The van der Waals surface area contributed by atoms with E-state index in [0.717, 1.165) is 38.3 Å². The smallest absolute Gasteiger partial charge is 0.236 e. The fourth-order valence-electron chi connectivity index (χ4n) is 2.02. The normalized spacial score (nSPS) is 17.4. The van der Waals surface area contributed by atoms with Crippen LogP contribution in [0.25, 0.3) is 0 Å². The lowest BCUT2D eigenvalue weighted by molar-refractivity contribution is -0.131. The van der Waals surface area contributed by atoms with Gasteiger partial charge in [-0.3, -0.25) is 9.69 Å². The molecule has 2 rings (SSSR count). The molecule has 0 unspecified atom stereocenters. The van der Waals surface area contributed by atoms with E-state index >= 15 is 0 Å². The van der Waals surface area contributed by atoms with E-state index in [2.05, 4.69) is 15.2 Å². The van der Waals surface area contributed by atoms with Crippen molar-refractivity contribution < 1.29 is 4.79 Å². The molecule has 5 nitrogen and oxygen atoms in total. The highest BCUT2D eigenvalue weighted by Gasteiger charge is 2.16. The lowest BCUT2D eigenvalue weighted by Gasteiger charge is -2.23. The van der Waals surface area contributed by atoms with Gasteiger partial charge in [-0.05, 0) is 19.5 Å². The van der Waals surface area contributed by atoms with Gasteiger partial charge in [0.15, 0.2) is 0 Å². The van der Waals surface area contributed by atoms with E-state index in [1.54, 1.807) is 21.7 Å². The lowest BCUT2D eigenvalue weighted by atomic mass is 10.3. The van der Waals surface area contributed by atoms with Gasteiger partial charge in [-0.25, -0.2) is 4.98 Å². The Hall–Kier alpha value is -0.980. The average Bonchev–Trinajstić information content (AvgIpc) is 2.72. The largest absolute Gasteiger partial charge is 0.339 e. The number of likely N-dealkylation sites (N-methyl/N-ethyl adjacent to an activating group) is 1. The summed E-state index contributed by atoms with van der Waals surface area (Å²) < 4.78 is 0. The zero-order valence-corrected chi connectivity index (χ0v) is 11.6. The molecule has 1 fully saturated rings. The molecular weight excluding hydrogens is 248 g/mol. The topological polar surface area (TPSA) is 48.5 Å². The third-order valence-corrected chi connectivity index (χ3v) is 3.74. The van der Waals surface area contributed by atoms with Crippen molar-refractivity contribution in [1.82, 2.24) is 20.1 Å². The first kappa shape index (κ1) is 13.5. The van der Waals surface area contributed by atoms with Crippen LogP contribution in [-0.4, -0.2) is 60.5 Å². The number of nitrogens with one attached hydrogen (secondary N) is 1. The molecular formula is C12H20N4OS. The van der Waals surface area contributed by atoms with Gasteiger partial charge in [0.25, 0.3) is 0 Å². The molecule has 1 aliphatic heterocycles. The van der Waals surface area contributed by atoms with Crippen LogP contribution >= 0.6 is 11.3 Å². The molecule has 6 heteroatoms. The predicted octanol–water partition coefficient (Wildman–Crippen LogP) is 0.397. The first-order valence-electron chi connectivity index (χ1n) is 6.30. The van der Waals surface area contributed by atoms with Crippen LogP contribution < -0.4 is 5.32 Å². The average molecular weight is 268 g/mol. The first-order valence-corrected chi connectivity index (χ1v) is 7.24. The zero-order chi connectivity index (χ0) is 12.8. The Kier molecular flexibility index (Phi) is 5.10. The van der Waals surface area contributed by atoms with Crippen LogP contribution in [0.2, 0.25) is 0 Å². The van der Waals surface area contributed by atoms with Crippen molar-refractivity contribution in [1.29, 1.82) is 0 Å². The number of aromatic nitrogens is 1. The van der Waals surface area contributed by atoms with E-state index in [1.165, 1.54) is 0 Å². The van der Waals surface area contributed by atoms with Gasteiger partial charge in [-0.2, -0.15) is 0 Å². The molecule has 1 amide bonds. The molecule has 0 bridgehead atoms. The maximum absolute atomic E-state index is 12.1. The van der Waals surface area contributed by atoms with Crippen LogP contribution in [0.15, 0.2) is 10.9 Å². The molecule has 1 N–H and O–H groups in total. The number of carbonyl (C=O) groups is 1. The molecule has 0 saturated carbocycles. The Morgan fingerprint density at radius 2 is 2.44 bits per heavy atom. The number of hydrogen-bond acceptors (Lipinski definition) is 5. The molecule has 0 aliphatic carbocycles. The summed E-state index contributed by atoms with van der Waals surface area (Å²) in [5.74, 6) is 0.171. The van der Waals surface area contributed by atoms with E-state index in [1.807, 2.05) is 12.4 Å². The van der Waals surface area contributed by atoms with Crippen LogP contribution in [-0.2, 0) is 11.3 Å². The molecule has 0 spiro atoms. The highest BCUT2D eigenvalue weighted by atomic mass is 32.1. The van der Waals surface area contributed by atoms with Gasteiger partial charge in [0.1, 0.15) is 0 Å². The van der Waals surface area contributed by atoms with Crippen molar-refractivity contribution in [2.45, 2.75) is 13.0 Å². The summed E-state index contributed by atoms with van der Waals surface area (Å²) in [7, 11) is 1.84. The van der Waals surface area contributed by atoms with Gasteiger partial charge < -0.3 is 10.2 Å². The fourth-order valence-corrected chi connectivity index (χ4v) is 2.57. The van der Waals surface area contributed by atoms with Crippen molar-refractivity contribution in [3.8, 4) is 0 Å². The highest BCUT2D eigenvalue weighted by molar-refractivity contribution is 7.07. The molecule has 100 valence electrons. The van der Waals surface area contributed by atoms with Crippen LogP contribution in [0.5, 0.6) is 0 Å². The fraction of sp³-hybridized carbons (Fsp3) is 0.667. The molecule has 1 aromatic rings. The molecule has 18 heavy (non-hydrogen) atoms. The van der Waals surface area contributed by atoms with Gasteiger partial charge in [-0.15, -0.1) is 11.3 Å². The molecule has 0 aromatic carbocycles. The summed E-state index contributed by atoms with van der Waals surface area (Å²) in [6.45, 7) is 5.11. The first-order chi connectivity index (χ1) is 8.75. The Bertz CT molecular complexity index is 360. The third kappa shape index (κ3) is 4.04. The van der Waals surface area contributed by atoms with Gasteiger partial charge in [-0.1, -0.05) is 0 Å². The second-order valence-corrected chi connectivity index (χ2v) is 5.33. The standard InChI is InChI=1S/C12H20N4OS/c1-15(7-11-9-18-10-14-11)12(17)8-16-5-2-3-13-4-6-16/h9-10,13H,2-8H2,1H3. The van der Waals surface area contributed by atoms with Gasteiger partial charge in [0.05, 0.1) is 24.3 Å². The number of nitrogens with zero attached hydrogens (tertiary/aromatic N) is 3. The molecule has 0 atom stereocenters. The van der Waals surface area contributed by atoms with Crippen molar-refractivity contribution >= 4 is 17.2 Å². The SMILES string of the molecule is CN(Cc1cscn1)C(=O)CN1CCCNCC1. The van der Waals surface area contributed by atoms with E-state index < -0.39 is 0 Å². The van der Waals surface area contributed by atoms with Crippen molar-refractivity contribution in [2.75, 3.05) is 39.8 Å². The molecule has 1 aromatic heterocycles.